The summed E-state index contributed by atoms with van der Waals surface area (Å²) in [7, 11) is 0. The van der Waals surface area contributed by atoms with E-state index in [-0.39, 0.29) is 18.5 Å². The minimum absolute atomic E-state index is 0.00788. The molecule has 0 aliphatic carbocycles. The van der Waals surface area contributed by atoms with E-state index in [0.717, 1.165) is 51.4 Å². The molecular formula is C70H137NO5. The van der Waals surface area contributed by atoms with E-state index in [1.807, 2.05) is 0 Å². The predicted molar refractivity (Wildman–Crippen MR) is 333 cm³/mol. The second-order valence-electron chi connectivity index (χ2n) is 24.2. The molecule has 0 bridgehead atoms. The van der Waals surface area contributed by atoms with E-state index < -0.39 is 12.1 Å². The first-order valence-corrected chi connectivity index (χ1v) is 34.9. The highest BCUT2D eigenvalue weighted by atomic mass is 16.5. The number of aliphatic hydroxyl groups is 2. The van der Waals surface area contributed by atoms with E-state index in [0.29, 0.717) is 25.9 Å². The molecule has 0 saturated heterocycles. The molecule has 0 rings (SSSR count). The van der Waals surface area contributed by atoms with Gasteiger partial charge in [0.25, 0.3) is 0 Å². The number of ether oxygens (including phenoxy) is 1. The van der Waals surface area contributed by atoms with Crippen LogP contribution in [0.5, 0.6) is 0 Å². The summed E-state index contributed by atoms with van der Waals surface area (Å²) in [5.41, 5.74) is 0. The SMILES string of the molecule is CCCCCCCCCCCCCCCCCCCCCCCCCCCC(O)C(CO)NC(=O)CCCCCCC/C=C\CCCCCCCCCCCOC(=O)CCCCCCCCCCCCCCCCCC. The average Bonchev–Trinajstić information content (AvgIpc) is 3.42. The second kappa shape index (κ2) is 66.1. The highest BCUT2D eigenvalue weighted by molar-refractivity contribution is 5.76. The molecule has 0 radical (unpaired) electrons. The lowest BCUT2D eigenvalue weighted by molar-refractivity contribution is -0.143. The molecule has 0 heterocycles. The molecule has 1 amide bonds. The first kappa shape index (κ1) is 74.6. The van der Waals surface area contributed by atoms with Crippen LogP contribution < -0.4 is 5.32 Å². The lowest BCUT2D eigenvalue weighted by Crippen LogP contribution is -2.45. The van der Waals surface area contributed by atoms with Gasteiger partial charge in [-0.25, -0.2) is 0 Å². The quantitative estimate of drug-likeness (QED) is 0.0320. The molecule has 3 N–H and O–H groups in total. The smallest absolute Gasteiger partial charge is 0.305 e. The van der Waals surface area contributed by atoms with Gasteiger partial charge in [0, 0.05) is 12.8 Å². The summed E-state index contributed by atoms with van der Waals surface area (Å²) >= 11 is 0. The van der Waals surface area contributed by atoms with E-state index >= 15 is 0 Å². The molecule has 6 heteroatoms. The van der Waals surface area contributed by atoms with Crippen LogP contribution in [0.4, 0.5) is 0 Å². The highest BCUT2D eigenvalue weighted by Gasteiger charge is 2.20. The molecule has 0 aliphatic rings. The first-order valence-electron chi connectivity index (χ1n) is 34.9. The van der Waals surface area contributed by atoms with Gasteiger partial charge in [0.05, 0.1) is 25.4 Å². The lowest BCUT2D eigenvalue weighted by atomic mass is 10.0. The zero-order valence-electron chi connectivity index (χ0n) is 51.8. The Morgan fingerprint density at radius 3 is 0.934 bits per heavy atom. The van der Waals surface area contributed by atoms with Gasteiger partial charge in [-0.2, -0.15) is 0 Å². The summed E-state index contributed by atoms with van der Waals surface area (Å²) < 4.78 is 5.49. The number of rotatable bonds is 66. The number of carbonyl (C=O) groups is 2. The molecule has 0 fully saturated rings. The number of unbranched alkanes of at least 4 members (excludes halogenated alkanes) is 53. The normalized spacial score (nSPS) is 12.5. The maximum absolute atomic E-state index is 12.5. The van der Waals surface area contributed by atoms with Crippen LogP contribution in [0.3, 0.4) is 0 Å². The maximum atomic E-state index is 12.5. The van der Waals surface area contributed by atoms with E-state index in [9.17, 15) is 19.8 Å². The first-order chi connectivity index (χ1) is 37.5. The average molecular weight is 1070 g/mol. The Hall–Kier alpha value is -1.40. The number of carbonyl (C=O) groups excluding carboxylic acids is 2. The molecule has 0 aliphatic heterocycles. The number of esters is 1. The fraction of sp³-hybridized carbons (Fsp3) is 0.943. The standard InChI is InChI=1S/C70H137NO5/c1-3-5-7-9-11-13-15-17-19-21-22-23-24-25-26-27-28-31-34-38-42-46-50-54-58-62-68(73)67(66-72)71-69(74)63-59-55-51-47-43-39-35-32-29-30-33-37-41-45-49-53-57-61-65-76-70(75)64-60-56-52-48-44-40-36-20-18-16-14-12-10-8-6-4-2/h32,35,67-68,72-73H,3-31,33-34,36-66H2,1-2H3,(H,71,74)/b35-32-. The summed E-state index contributed by atoms with van der Waals surface area (Å²) in [5.74, 6) is -0.0361. The molecule has 2 atom stereocenters. The molecule has 76 heavy (non-hydrogen) atoms. The van der Waals surface area contributed by atoms with Crippen molar-refractivity contribution in [2.24, 2.45) is 0 Å². The van der Waals surface area contributed by atoms with Gasteiger partial charge >= 0.3 is 5.97 Å². The van der Waals surface area contributed by atoms with Crippen molar-refractivity contribution in [2.45, 2.75) is 411 Å². The Morgan fingerprint density at radius 1 is 0.355 bits per heavy atom. The van der Waals surface area contributed by atoms with Crippen molar-refractivity contribution in [1.82, 2.24) is 5.32 Å². The maximum Gasteiger partial charge on any atom is 0.305 e. The second-order valence-corrected chi connectivity index (χ2v) is 24.2. The van der Waals surface area contributed by atoms with E-state index in [1.54, 1.807) is 0 Å². The Bertz CT molecular complexity index is 1140. The molecule has 452 valence electrons. The summed E-state index contributed by atoms with van der Waals surface area (Å²) in [5, 5.41) is 23.4. The Labute approximate surface area is 476 Å². The minimum atomic E-state index is -0.674. The van der Waals surface area contributed by atoms with Crippen LogP contribution in [0.25, 0.3) is 0 Å². The number of hydrogen-bond donors (Lipinski definition) is 3. The van der Waals surface area contributed by atoms with Gasteiger partial charge in [-0.15, -0.1) is 0 Å². The molecule has 0 aromatic heterocycles. The van der Waals surface area contributed by atoms with Crippen molar-refractivity contribution in [3.8, 4) is 0 Å². The molecule has 0 spiro atoms. The summed E-state index contributed by atoms with van der Waals surface area (Å²) in [4.78, 5) is 24.6. The van der Waals surface area contributed by atoms with E-state index in [1.165, 1.54) is 315 Å². The van der Waals surface area contributed by atoms with Gasteiger partial charge in [0.15, 0.2) is 0 Å². The molecule has 0 saturated carbocycles. The zero-order chi connectivity index (χ0) is 55.0. The van der Waals surface area contributed by atoms with Crippen molar-refractivity contribution < 1.29 is 24.5 Å². The van der Waals surface area contributed by atoms with Crippen molar-refractivity contribution >= 4 is 11.9 Å². The number of nitrogens with one attached hydrogen (secondary N) is 1. The molecular weight excluding hydrogens is 935 g/mol. The summed E-state index contributed by atoms with van der Waals surface area (Å²) in [6, 6.07) is -0.552. The van der Waals surface area contributed by atoms with Crippen LogP contribution in [-0.4, -0.2) is 47.4 Å². The van der Waals surface area contributed by atoms with Gasteiger partial charge in [0.2, 0.25) is 5.91 Å². The Balaban J connectivity index is 3.42. The third kappa shape index (κ3) is 61.8. The van der Waals surface area contributed by atoms with Crippen molar-refractivity contribution in [3.05, 3.63) is 12.2 Å². The predicted octanol–water partition coefficient (Wildman–Crippen LogP) is 22.4. The number of allylic oxidation sites excluding steroid dienone is 2. The third-order valence-electron chi connectivity index (χ3n) is 16.6. The van der Waals surface area contributed by atoms with Crippen LogP contribution in [0, 0.1) is 0 Å². The van der Waals surface area contributed by atoms with Gasteiger partial charge < -0.3 is 20.3 Å². The fourth-order valence-electron chi connectivity index (χ4n) is 11.2. The van der Waals surface area contributed by atoms with Crippen molar-refractivity contribution in [2.75, 3.05) is 13.2 Å². The topological polar surface area (TPSA) is 95.9 Å². The van der Waals surface area contributed by atoms with Crippen molar-refractivity contribution in [1.29, 1.82) is 0 Å². The summed E-state index contributed by atoms with van der Waals surface area (Å²) in [6.45, 7) is 4.98. The molecule has 0 aromatic carbocycles. The third-order valence-corrected chi connectivity index (χ3v) is 16.6. The molecule has 6 nitrogen and oxygen atoms in total. The van der Waals surface area contributed by atoms with Crippen LogP contribution in [0.2, 0.25) is 0 Å². The van der Waals surface area contributed by atoms with Gasteiger partial charge in [0.1, 0.15) is 0 Å². The number of hydrogen-bond acceptors (Lipinski definition) is 5. The Morgan fingerprint density at radius 2 is 0.618 bits per heavy atom. The fourth-order valence-corrected chi connectivity index (χ4v) is 11.2. The monoisotopic (exact) mass is 1070 g/mol. The van der Waals surface area contributed by atoms with E-state index in [2.05, 4.69) is 31.3 Å². The Kier molecular flexibility index (Phi) is 64.9. The van der Waals surface area contributed by atoms with Gasteiger partial charge in [-0.3, -0.25) is 9.59 Å². The van der Waals surface area contributed by atoms with Gasteiger partial charge in [-0.05, 0) is 51.4 Å². The molecule has 0 aromatic rings. The highest BCUT2D eigenvalue weighted by Crippen LogP contribution is 2.19. The van der Waals surface area contributed by atoms with Gasteiger partial charge in [-0.1, -0.05) is 347 Å². The largest absolute Gasteiger partial charge is 0.466 e. The zero-order valence-corrected chi connectivity index (χ0v) is 51.8. The number of amides is 1. The number of aliphatic hydroxyl groups excluding tert-OH is 2. The molecule has 2 unspecified atom stereocenters. The van der Waals surface area contributed by atoms with E-state index in [4.69, 9.17) is 4.74 Å². The van der Waals surface area contributed by atoms with Crippen LogP contribution in [0.1, 0.15) is 399 Å². The van der Waals surface area contributed by atoms with Crippen LogP contribution in [-0.2, 0) is 14.3 Å². The van der Waals surface area contributed by atoms with Crippen molar-refractivity contribution in [3.63, 3.8) is 0 Å². The van der Waals surface area contributed by atoms with Crippen LogP contribution >= 0.6 is 0 Å². The van der Waals surface area contributed by atoms with Crippen LogP contribution in [0.15, 0.2) is 12.2 Å². The summed E-state index contributed by atoms with van der Waals surface area (Å²) in [6.07, 6.45) is 81.0. The lowest BCUT2D eigenvalue weighted by Gasteiger charge is -2.22. The minimum Gasteiger partial charge on any atom is -0.466 e.